The van der Waals surface area contributed by atoms with Crippen LogP contribution in [-0.4, -0.2) is 63.6 Å². The van der Waals surface area contributed by atoms with Gasteiger partial charge in [-0.25, -0.2) is 9.97 Å². The number of thioether (sulfide) groups is 1. The van der Waals surface area contributed by atoms with E-state index >= 15 is 0 Å². The fraction of sp³-hybridized carbons (Fsp3) is 0.300. The zero-order valence-corrected chi connectivity index (χ0v) is 24.6. The standard InChI is InChI=1S/C30H31ClN6O3S/c1-21-3-5-22(6-4-21)20-41-30-34-28(39)24(15-23-16-32-29(40-2)33-17-23)18-37(30)19-27(38)36-13-11-35(12-14-36)26-9-7-25(31)8-10-26/h3-10,16-18H,11-15,19-20H2,1-2H3. The minimum atomic E-state index is -0.326. The Bertz CT molecular complexity index is 1540. The molecule has 0 aliphatic carbocycles. The summed E-state index contributed by atoms with van der Waals surface area (Å²) in [4.78, 5) is 43.3. The number of piperazine rings is 1. The molecule has 212 valence electrons. The lowest BCUT2D eigenvalue weighted by Gasteiger charge is -2.36. The van der Waals surface area contributed by atoms with Crippen LogP contribution in [0.5, 0.6) is 6.01 Å². The van der Waals surface area contributed by atoms with Crippen molar-refractivity contribution in [3.63, 3.8) is 0 Å². The fourth-order valence-electron chi connectivity index (χ4n) is 4.57. The predicted molar refractivity (Wildman–Crippen MR) is 161 cm³/mol. The Labute approximate surface area is 248 Å². The van der Waals surface area contributed by atoms with E-state index < -0.39 is 0 Å². The highest BCUT2D eigenvalue weighted by molar-refractivity contribution is 7.98. The summed E-state index contributed by atoms with van der Waals surface area (Å²) in [7, 11) is 1.50. The molecular weight excluding hydrogens is 560 g/mol. The van der Waals surface area contributed by atoms with E-state index in [-0.39, 0.29) is 24.0 Å². The minimum absolute atomic E-state index is 0.0119. The molecule has 3 heterocycles. The Morgan fingerprint density at radius 3 is 2.32 bits per heavy atom. The summed E-state index contributed by atoms with van der Waals surface area (Å²) in [6.45, 7) is 4.81. The average molecular weight is 591 g/mol. The Hall–Kier alpha value is -3.89. The van der Waals surface area contributed by atoms with Crippen molar-refractivity contribution in [2.75, 3.05) is 38.2 Å². The van der Waals surface area contributed by atoms with Crippen LogP contribution in [0.4, 0.5) is 5.69 Å². The Morgan fingerprint density at radius 2 is 1.66 bits per heavy atom. The summed E-state index contributed by atoms with van der Waals surface area (Å²) >= 11 is 7.48. The highest BCUT2D eigenvalue weighted by Crippen LogP contribution is 2.23. The number of nitrogens with zero attached hydrogens (tertiary/aromatic N) is 6. The smallest absolute Gasteiger partial charge is 0.316 e. The Kier molecular flexibility index (Phi) is 9.21. The number of halogens is 1. The van der Waals surface area contributed by atoms with Gasteiger partial charge in [0.25, 0.3) is 5.56 Å². The van der Waals surface area contributed by atoms with Gasteiger partial charge in [0.15, 0.2) is 5.16 Å². The molecule has 0 bridgehead atoms. The number of methoxy groups -OCH3 is 1. The Balaban J connectivity index is 1.33. The number of benzene rings is 2. The van der Waals surface area contributed by atoms with Crippen molar-refractivity contribution in [2.45, 2.75) is 30.8 Å². The maximum Gasteiger partial charge on any atom is 0.316 e. The first kappa shape index (κ1) is 28.6. The van der Waals surface area contributed by atoms with Gasteiger partial charge in [0, 0.05) is 73.2 Å². The van der Waals surface area contributed by atoms with Crippen LogP contribution in [0.1, 0.15) is 22.3 Å². The van der Waals surface area contributed by atoms with E-state index in [9.17, 15) is 9.59 Å². The van der Waals surface area contributed by atoms with Crippen molar-refractivity contribution in [2.24, 2.45) is 0 Å². The monoisotopic (exact) mass is 590 g/mol. The molecule has 11 heteroatoms. The number of aryl methyl sites for hydroxylation is 1. The second-order valence-electron chi connectivity index (χ2n) is 9.86. The van der Waals surface area contributed by atoms with Crippen LogP contribution >= 0.6 is 23.4 Å². The summed E-state index contributed by atoms with van der Waals surface area (Å²) in [5.74, 6) is 0.619. The van der Waals surface area contributed by atoms with Crippen molar-refractivity contribution < 1.29 is 9.53 Å². The van der Waals surface area contributed by atoms with Crippen molar-refractivity contribution in [3.05, 3.63) is 105 Å². The number of amides is 1. The second-order valence-corrected chi connectivity index (χ2v) is 11.2. The van der Waals surface area contributed by atoms with Gasteiger partial charge in [-0.05, 0) is 42.3 Å². The van der Waals surface area contributed by atoms with E-state index in [1.807, 2.05) is 36.1 Å². The quantitative estimate of drug-likeness (QED) is 0.211. The normalized spacial score (nSPS) is 13.3. The SMILES string of the molecule is COc1ncc(Cc2cn(CC(=O)N3CCN(c4ccc(Cl)cc4)CC3)c(SCc3ccc(C)cc3)nc2=O)cn1. The van der Waals surface area contributed by atoms with Gasteiger partial charge in [-0.15, -0.1) is 0 Å². The van der Waals surface area contributed by atoms with Crippen molar-refractivity contribution >= 4 is 35.0 Å². The number of hydrogen-bond acceptors (Lipinski definition) is 8. The van der Waals surface area contributed by atoms with Gasteiger partial charge in [0.05, 0.1) is 7.11 Å². The van der Waals surface area contributed by atoms with E-state index in [0.29, 0.717) is 41.0 Å². The fourth-order valence-corrected chi connectivity index (χ4v) is 5.62. The van der Waals surface area contributed by atoms with Gasteiger partial charge < -0.3 is 19.1 Å². The van der Waals surface area contributed by atoms with Crippen molar-refractivity contribution in [1.82, 2.24) is 24.4 Å². The number of carbonyl (C=O) groups is 1. The predicted octanol–water partition coefficient (Wildman–Crippen LogP) is 4.24. The average Bonchev–Trinajstić information content (AvgIpc) is 2.99. The number of aromatic nitrogens is 4. The van der Waals surface area contributed by atoms with Crippen molar-refractivity contribution in [3.8, 4) is 6.01 Å². The third-order valence-electron chi connectivity index (χ3n) is 6.91. The summed E-state index contributed by atoms with van der Waals surface area (Å²) < 4.78 is 6.83. The van der Waals surface area contributed by atoms with Gasteiger partial charge in [-0.1, -0.05) is 53.2 Å². The highest BCUT2D eigenvalue weighted by atomic mass is 35.5. The van der Waals surface area contributed by atoms with Gasteiger partial charge in [-0.3, -0.25) is 9.59 Å². The molecule has 1 aliphatic rings. The summed E-state index contributed by atoms with van der Waals surface area (Å²) in [6, 6.07) is 16.3. The van der Waals surface area contributed by atoms with Crippen LogP contribution < -0.4 is 15.2 Å². The van der Waals surface area contributed by atoms with Crippen LogP contribution in [-0.2, 0) is 23.5 Å². The zero-order chi connectivity index (χ0) is 28.8. The van der Waals surface area contributed by atoms with E-state index in [0.717, 1.165) is 29.9 Å². The minimum Gasteiger partial charge on any atom is -0.467 e. The number of hydrogen-bond donors (Lipinski definition) is 0. The van der Waals surface area contributed by atoms with Gasteiger partial charge in [-0.2, -0.15) is 4.98 Å². The molecule has 0 unspecified atom stereocenters. The van der Waals surface area contributed by atoms with Crippen LogP contribution in [0.2, 0.25) is 5.02 Å². The third kappa shape index (κ3) is 7.45. The number of anilines is 1. The van der Waals surface area contributed by atoms with Gasteiger partial charge >= 0.3 is 6.01 Å². The molecule has 2 aromatic carbocycles. The molecule has 1 amide bonds. The lowest BCUT2D eigenvalue weighted by atomic mass is 10.1. The Morgan fingerprint density at radius 1 is 0.976 bits per heavy atom. The summed E-state index contributed by atoms with van der Waals surface area (Å²) in [6.07, 6.45) is 5.30. The molecule has 2 aromatic heterocycles. The van der Waals surface area contributed by atoms with Crippen molar-refractivity contribution in [1.29, 1.82) is 0 Å². The zero-order valence-electron chi connectivity index (χ0n) is 23.0. The first-order valence-electron chi connectivity index (χ1n) is 13.3. The third-order valence-corrected chi connectivity index (χ3v) is 8.22. The molecule has 9 nitrogen and oxygen atoms in total. The topological polar surface area (TPSA) is 93.5 Å². The second kappa shape index (κ2) is 13.2. The van der Waals surface area contributed by atoms with E-state index in [1.165, 1.54) is 24.4 Å². The molecule has 0 saturated carbocycles. The van der Waals surface area contributed by atoms with Crippen LogP contribution in [0.15, 0.2) is 77.1 Å². The number of carbonyl (C=O) groups excluding carboxylic acids is 1. The first-order chi connectivity index (χ1) is 19.9. The highest BCUT2D eigenvalue weighted by Gasteiger charge is 2.23. The molecule has 0 spiro atoms. The lowest BCUT2D eigenvalue weighted by molar-refractivity contribution is -0.132. The number of ether oxygens (including phenoxy) is 1. The largest absolute Gasteiger partial charge is 0.467 e. The van der Waals surface area contributed by atoms with Crippen LogP contribution in [0.25, 0.3) is 0 Å². The van der Waals surface area contributed by atoms with E-state index in [2.05, 4.69) is 44.1 Å². The molecular formula is C30H31ClN6O3S. The molecule has 0 radical (unpaired) electrons. The molecule has 0 N–H and O–H groups in total. The molecule has 1 aliphatic heterocycles. The summed E-state index contributed by atoms with van der Waals surface area (Å²) in [5, 5.41) is 1.21. The lowest BCUT2D eigenvalue weighted by Crippen LogP contribution is -2.49. The molecule has 41 heavy (non-hydrogen) atoms. The maximum absolute atomic E-state index is 13.5. The van der Waals surface area contributed by atoms with Crippen LogP contribution in [0, 0.1) is 6.92 Å². The molecule has 5 rings (SSSR count). The molecule has 1 fully saturated rings. The van der Waals surface area contributed by atoms with Gasteiger partial charge in [0.2, 0.25) is 5.91 Å². The van der Waals surface area contributed by atoms with Crippen LogP contribution in [0.3, 0.4) is 0 Å². The van der Waals surface area contributed by atoms with E-state index in [1.54, 1.807) is 23.2 Å². The first-order valence-corrected chi connectivity index (χ1v) is 14.7. The molecule has 0 atom stereocenters. The maximum atomic E-state index is 13.5. The van der Waals surface area contributed by atoms with Gasteiger partial charge in [0.1, 0.15) is 6.54 Å². The molecule has 4 aromatic rings. The number of rotatable bonds is 9. The molecule has 1 saturated heterocycles. The summed E-state index contributed by atoms with van der Waals surface area (Å²) in [5.41, 5.74) is 4.29. The van der Waals surface area contributed by atoms with E-state index in [4.69, 9.17) is 16.3 Å².